The third-order valence-corrected chi connectivity index (χ3v) is 0.986. The molecule has 0 saturated carbocycles. The fourth-order valence-corrected chi connectivity index (χ4v) is 0.402. The van der Waals surface area contributed by atoms with E-state index in [0.29, 0.717) is 0 Å². The van der Waals surface area contributed by atoms with Gasteiger partial charge in [0.25, 0.3) is 0 Å². The number of hydrogen-bond acceptors (Lipinski definition) is 6. The number of aliphatic carboxylic acids is 2. The van der Waals surface area contributed by atoms with Crippen LogP contribution in [0.15, 0.2) is 0 Å². The number of carbonyl (C=O) groups is 2. The average molecular weight is 289 g/mol. The summed E-state index contributed by atoms with van der Waals surface area (Å²) in [6.07, 6.45) is -0.224. The molecule has 0 heterocycles. The van der Waals surface area contributed by atoms with Crippen molar-refractivity contribution in [3.63, 3.8) is 0 Å². The Kier molecular flexibility index (Phi) is 21.0. The minimum absolute atomic E-state index is 0. The summed E-state index contributed by atoms with van der Waals surface area (Å²) in [7, 11) is -5.14. The van der Waals surface area contributed by atoms with Gasteiger partial charge in [-0.25, -0.2) is 0 Å². The van der Waals surface area contributed by atoms with E-state index in [1.807, 2.05) is 0 Å². The van der Waals surface area contributed by atoms with Crippen LogP contribution >= 0.6 is 7.82 Å². The summed E-state index contributed by atoms with van der Waals surface area (Å²) in [4.78, 5) is 44.2. The van der Waals surface area contributed by atoms with Crippen LogP contribution in [-0.4, -0.2) is 33.1 Å². The fraction of sp³-hybridized carbons (Fsp3) is 0.600. The van der Waals surface area contributed by atoms with Crippen LogP contribution in [0.4, 0.5) is 0 Å². The van der Waals surface area contributed by atoms with Crippen molar-refractivity contribution < 1.29 is 98.2 Å². The zero-order valence-electron chi connectivity index (χ0n) is 9.40. The van der Waals surface area contributed by atoms with Crippen LogP contribution in [0.3, 0.4) is 0 Å². The molecule has 0 aromatic heterocycles. The predicted octanol–water partition coefficient (Wildman–Crippen LogP) is -8.92. The summed E-state index contributed by atoms with van der Waals surface area (Å²) < 4.78 is 8.66. The zero-order valence-corrected chi connectivity index (χ0v) is 14.3. The molecular weight excluding hydrogens is 279 g/mol. The Hall–Kier alpha value is 1.01. The molecule has 0 unspecified atom stereocenters. The molecule has 0 aliphatic carbocycles. The van der Waals surface area contributed by atoms with Crippen molar-refractivity contribution in [3.8, 4) is 0 Å². The third kappa shape index (κ3) is 38.2. The van der Waals surface area contributed by atoms with E-state index in [9.17, 15) is 9.59 Å². The molecule has 17 heavy (non-hydrogen) atoms. The van der Waals surface area contributed by atoms with Crippen molar-refractivity contribution >= 4 is 19.8 Å². The molecule has 0 spiro atoms. The Labute approximate surface area is 141 Å². The van der Waals surface area contributed by atoms with Crippen molar-refractivity contribution in [1.82, 2.24) is 0 Å². The number of carboxylic acids is 2. The van der Waals surface area contributed by atoms with Crippen molar-refractivity contribution in [2.75, 3.05) is 0 Å². The second-order valence-corrected chi connectivity index (χ2v) is 3.28. The van der Waals surface area contributed by atoms with E-state index in [1.54, 1.807) is 0 Å². The van der Waals surface area contributed by atoms with Gasteiger partial charge in [0, 0.05) is 6.42 Å². The molecule has 0 aliphatic rings. The van der Waals surface area contributed by atoms with Crippen molar-refractivity contribution in [1.29, 1.82) is 0 Å². The Bertz CT molecular complexity index is 260. The van der Waals surface area contributed by atoms with Crippen LogP contribution < -0.4 is 74.6 Å². The molecule has 12 heteroatoms. The van der Waals surface area contributed by atoms with E-state index in [-0.39, 0.29) is 72.0 Å². The Morgan fingerprint density at radius 2 is 1.53 bits per heavy atom. The molecule has 1 atom stereocenters. The van der Waals surface area contributed by atoms with Crippen molar-refractivity contribution in [2.45, 2.75) is 18.9 Å². The molecule has 9 nitrogen and oxygen atoms in total. The van der Waals surface area contributed by atoms with Crippen LogP contribution in [0.25, 0.3) is 0 Å². The quantitative estimate of drug-likeness (QED) is 0.288. The average Bonchev–Trinajstić information content (AvgIpc) is 1.96. The number of nitrogens with two attached hydrogens (primary N) is 1. The fourth-order valence-electron chi connectivity index (χ4n) is 0.402. The SMILES string of the molecule is N[C@@H](CCC(=O)O)C(=O)O.O=P([O-])([O-])O.[Na+].[Na+]. The minimum atomic E-state index is -5.14. The standard InChI is InChI=1S/C5H9NO4.2Na.H3O4P/c6-3(5(9)10)1-2-4(7)8;;;1-5(2,3)4/h3H,1-2,6H2,(H,7,8)(H,9,10);;;(H3,1,2,3,4)/q;2*+1;/p-2/t3-;;;/m0.../s1. The van der Waals surface area contributed by atoms with Crippen LogP contribution in [0.1, 0.15) is 12.8 Å². The van der Waals surface area contributed by atoms with Crippen LogP contribution in [0, 0.1) is 0 Å². The predicted molar refractivity (Wildman–Crippen MR) is 42.3 cm³/mol. The van der Waals surface area contributed by atoms with E-state index in [1.165, 1.54) is 0 Å². The third-order valence-electron chi connectivity index (χ3n) is 0.986. The van der Waals surface area contributed by atoms with Gasteiger partial charge in [-0.15, -0.1) is 0 Å². The largest absolute Gasteiger partial charge is 1.00 e. The second kappa shape index (κ2) is 13.4. The number of hydrogen-bond donors (Lipinski definition) is 4. The summed E-state index contributed by atoms with van der Waals surface area (Å²) in [5.41, 5.74) is 5.00. The number of phosphoric acid groups is 1. The smallest absolute Gasteiger partial charge is 0.790 e. The van der Waals surface area contributed by atoms with Gasteiger partial charge in [0.1, 0.15) is 6.04 Å². The van der Waals surface area contributed by atoms with Gasteiger partial charge in [0.05, 0.1) is 7.82 Å². The topological polar surface area (TPSA) is 184 Å². The van der Waals surface area contributed by atoms with Gasteiger partial charge in [-0.1, -0.05) is 0 Å². The summed E-state index contributed by atoms with van der Waals surface area (Å²) in [5.74, 6) is -2.20. The van der Waals surface area contributed by atoms with Crippen LogP contribution in [0.2, 0.25) is 0 Å². The molecule has 5 N–H and O–H groups in total. The van der Waals surface area contributed by atoms with E-state index >= 15 is 0 Å². The molecule has 90 valence electrons. The Morgan fingerprint density at radius 3 is 1.71 bits per heavy atom. The first-order chi connectivity index (χ1) is 6.54. The van der Waals surface area contributed by atoms with Crippen molar-refractivity contribution in [2.24, 2.45) is 5.73 Å². The van der Waals surface area contributed by atoms with Crippen LogP contribution in [0.5, 0.6) is 0 Å². The second-order valence-electron chi connectivity index (χ2n) is 2.35. The van der Waals surface area contributed by atoms with Gasteiger partial charge < -0.3 is 35.2 Å². The molecule has 0 fully saturated rings. The minimum Gasteiger partial charge on any atom is -0.790 e. The molecule has 0 amide bonds. The van der Waals surface area contributed by atoms with Crippen LogP contribution in [-0.2, 0) is 14.2 Å². The summed E-state index contributed by atoms with van der Waals surface area (Å²) in [6.45, 7) is 0. The van der Waals surface area contributed by atoms with E-state index in [4.69, 9.17) is 35.2 Å². The maximum absolute atomic E-state index is 9.99. The summed E-state index contributed by atoms with van der Waals surface area (Å²) >= 11 is 0. The number of carboxylic acid groups (broad SMARTS) is 2. The molecule has 0 bridgehead atoms. The maximum Gasteiger partial charge on any atom is 1.00 e. The molecule has 0 saturated heterocycles. The van der Waals surface area contributed by atoms with Gasteiger partial charge in [-0.2, -0.15) is 0 Å². The molecular formula is C5H10NNa2O8P. The molecule has 0 aromatic carbocycles. The molecule has 0 aromatic rings. The molecule has 0 radical (unpaired) electrons. The normalized spacial score (nSPS) is 10.8. The van der Waals surface area contributed by atoms with E-state index < -0.39 is 25.8 Å². The van der Waals surface area contributed by atoms with Crippen molar-refractivity contribution in [3.05, 3.63) is 0 Å². The molecule has 0 rings (SSSR count). The van der Waals surface area contributed by atoms with Gasteiger partial charge in [0.2, 0.25) is 0 Å². The molecule has 0 aliphatic heterocycles. The Morgan fingerprint density at radius 1 is 1.24 bits per heavy atom. The first kappa shape index (κ1) is 26.5. The van der Waals surface area contributed by atoms with E-state index in [2.05, 4.69) is 0 Å². The van der Waals surface area contributed by atoms with E-state index in [0.717, 1.165) is 0 Å². The maximum atomic E-state index is 9.99. The van der Waals surface area contributed by atoms with Gasteiger partial charge in [0.15, 0.2) is 0 Å². The van der Waals surface area contributed by atoms with Gasteiger partial charge >= 0.3 is 71.1 Å². The van der Waals surface area contributed by atoms with Gasteiger partial charge in [-0.05, 0) is 6.42 Å². The first-order valence-electron chi connectivity index (χ1n) is 3.49. The monoisotopic (exact) mass is 289 g/mol. The summed E-state index contributed by atoms with van der Waals surface area (Å²) in [6, 6.07) is -1.06. The zero-order chi connectivity index (χ0) is 12.6. The summed E-state index contributed by atoms with van der Waals surface area (Å²) in [5, 5.41) is 16.3. The van der Waals surface area contributed by atoms with Gasteiger partial charge in [-0.3, -0.25) is 9.59 Å². The Balaban J connectivity index is -0.000000105. The first-order valence-corrected chi connectivity index (χ1v) is 4.98. The number of rotatable bonds is 4.